The molecule has 0 aliphatic carbocycles. The molecule has 0 aromatic carbocycles. The highest BCUT2D eigenvalue weighted by Gasteiger charge is 2.54. The molecule has 110 valence electrons. The molecule has 4 atom stereocenters. The van der Waals surface area contributed by atoms with Crippen molar-refractivity contribution in [2.75, 3.05) is 12.3 Å². The van der Waals surface area contributed by atoms with E-state index in [1.54, 1.807) is 18.2 Å². The zero-order valence-corrected chi connectivity index (χ0v) is 11.0. The lowest BCUT2D eigenvalue weighted by Crippen LogP contribution is -2.44. The second-order valence-corrected chi connectivity index (χ2v) is 5.01. The quantitative estimate of drug-likeness (QED) is 0.531. The zero-order valence-electron chi connectivity index (χ0n) is 11.0. The van der Waals surface area contributed by atoms with Crippen molar-refractivity contribution < 1.29 is 20.1 Å². The molecule has 1 unspecified atom stereocenters. The van der Waals surface area contributed by atoms with Gasteiger partial charge in [0.05, 0.1) is 23.5 Å². The number of terminal acetylenes is 1. The topological polar surface area (TPSA) is 113 Å². The number of aromatic nitrogens is 2. The summed E-state index contributed by atoms with van der Waals surface area (Å²) in [5.41, 5.74) is 5.89. The molecule has 1 aliphatic rings. The summed E-state index contributed by atoms with van der Waals surface area (Å²) in [5.74, 6) is 2.22. The van der Waals surface area contributed by atoms with Gasteiger partial charge in [-0.05, 0) is 18.2 Å². The van der Waals surface area contributed by atoms with E-state index < -0.39 is 30.5 Å². The van der Waals surface area contributed by atoms with Crippen LogP contribution in [-0.2, 0) is 4.74 Å². The summed E-state index contributed by atoms with van der Waals surface area (Å²) in [6, 6.07) is 5.07. The van der Waals surface area contributed by atoms with Gasteiger partial charge in [-0.3, -0.25) is 0 Å². The third-order valence-electron chi connectivity index (χ3n) is 3.84. The lowest BCUT2D eigenvalue weighted by Gasteiger charge is -2.23. The summed E-state index contributed by atoms with van der Waals surface area (Å²) < 4.78 is 7.09. The Kier molecular flexibility index (Phi) is 3.11. The van der Waals surface area contributed by atoms with Crippen LogP contribution in [0.1, 0.15) is 11.8 Å². The van der Waals surface area contributed by atoms with Gasteiger partial charge in [0.1, 0.15) is 18.3 Å². The van der Waals surface area contributed by atoms with Crippen molar-refractivity contribution in [2.24, 2.45) is 0 Å². The average molecular weight is 289 g/mol. The Morgan fingerprint density at radius 3 is 2.81 bits per heavy atom. The highest BCUT2D eigenvalue weighted by molar-refractivity contribution is 5.69. The van der Waals surface area contributed by atoms with Crippen LogP contribution >= 0.6 is 0 Å². The van der Waals surface area contributed by atoms with Crippen molar-refractivity contribution in [3.63, 3.8) is 0 Å². The summed E-state index contributed by atoms with van der Waals surface area (Å²) in [7, 11) is 0. The van der Waals surface area contributed by atoms with Crippen molar-refractivity contribution in [1.82, 2.24) is 9.61 Å². The number of nitrogens with two attached hydrogens (primary N) is 1. The summed E-state index contributed by atoms with van der Waals surface area (Å²) in [6.45, 7) is -0.600. The molecule has 7 heteroatoms. The van der Waals surface area contributed by atoms with Gasteiger partial charge < -0.3 is 25.8 Å². The molecule has 1 saturated heterocycles. The fourth-order valence-corrected chi connectivity index (χ4v) is 2.61. The van der Waals surface area contributed by atoms with Gasteiger partial charge >= 0.3 is 0 Å². The predicted octanol–water partition coefficient (Wildman–Crippen LogP) is -0.926. The van der Waals surface area contributed by atoms with Crippen LogP contribution in [0.2, 0.25) is 0 Å². The molecule has 1 aliphatic heterocycles. The second kappa shape index (κ2) is 4.72. The van der Waals surface area contributed by atoms with Gasteiger partial charge in [-0.25, -0.2) is 4.52 Å². The van der Waals surface area contributed by atoms with E-state index in [4.69, 9.17) is 16.9 Å². The van der Waals surface area contributed by atoms with E-state index in [-0.39, 0.29) is 0 Å². The SMILES string of the molecule is C#C[C@]1(CO)O[C@@H](c2ccc3c(N)ccnn23)C(O)[C@H]1O. The number of rotatable bonds is 2. The predicted molar refractivity (Wildman–Crippen MR) is 74.1 cm³/mol. The van der Waals surface area contributed by atoms with Crippen LogP contribution in [-0.4, -0.2) is 49.3 Å². The summed E-state index contributed by atoms with van der Waals surface area (Å²) in [4.78, 5) is 0. The van der Waals surface area contributed by atoms with Crippen molar-refractivity contribution in [1.29, 1.82) is 0 Å². The molecule has 0 bridgehead atoms. The van der Waals surface area contributed by atoms with Gasteiger partial charge in [-0.2, -0.15) is 5.10 Å². The van der Waals surface area contributed by atoms with E-state index in [9.17, 15) is 15.3 Å². The highest BCUT2D eigenvalue weighted by Crippen LogP contribution is 2.40. The van der Waals surface area contributed by atoms with E-state index in [0.29, 0.717) is 16.9 Å². The lowest BCUT2D eigenvalue weighted by atomic mass is 9.96. The molecule has 0 radical (unpaired) electrons. The standard InChI is InChI=1S/C14H15N3O4/c1-2-14(7-18)13(20)11(19)12(21-14)10-4-3-9-8(15)5-6-16-17(9)10/h1,3-6,11-13,18-20H,7,15H2/t11?,12-,13+,14+/m0/s1. The molecule has 3 heterocycles. The molecular weight excluding hydrogens is 274 g/mol. The Hall–Kier alpha value is -2.11. The van der Waals surface area contributed by atoms with Crippen molar-refractivity contribution in [3.8, 4) is 12.3 Å². The Morgan fingerprint density at radius 2 is 2.19 bits per heavy atom. The van der Waals surface area contributed by atoms with Gasteiger partial charge in [0.15, 0.2) is 5.60 Å². The molecule has 5 N–H and O–H groups in total. The van der Waals surface area contributed by atoms with E-state index >= 15 is 0 Å². The van der Waals surface area contributed by atoms with E-state index in [0.717, 1.165) is 0 Å². The Morgan fingerprint density at radius 1 is 1.43 bits per heavy atom. The minimum absolute atomic E-state index is 0.495. The third kappa shape index (κ3) is 1.81. The van der Waals surface area contributed by atoms with Crippen LogP contribution in [0.15, 0.2) is 24.4 Å². The van der Waals surface area contributed by atoms with Crippen LogP contribution in [0.5, 0.6) is 0 Å². The molecule has 2 aromatic heterocycles. The average Bonchev–Trinajstić information content (AvgIpc) is 3.02. The van der Waals surface area contributed by atoms with Crippen LogP contribution in [0.25, 0.3) is 5.52 Å². The maximum Gasteiger partial charge on any atom is 0.180 e. The molecule has 0 amide bonds. The van der Waals surface area contributed by atoms with Gasteiger partial charge in [0, 0.05) is 6.20 Å². The number of aliphatic hydroxyl groups is 3. The largest absolute Gasteiger partial charge is 0.397 e. The maximum absolute atomic E-state index is 10.2. The first-order chi connectivity index (χ1) is 10.0. The van der Waals surface area contributed by atoms with Crippen molar-refractivity contribution >= 4 is 11.2 Å². The number of nitrogens with zero attached hydrogens (tertiary/aromatic N) is 2. The van der Waals surface area contributed by atoms with E-state index in [1.807, 2.05) is 0 Å². The highest BCUT2D eigenvalue weighted by atomic mass is 16.6. The monoisotopic (exact) mass is 289 g/mol. The number of anilines is 1. The van der Waals surface area contributed by atoms with Gasteiger partial charge in [0.25, 0.3) is 0 Å². The Balaban J connectivity index is 2.08. The smallest absolute Gasteiger partial charge is 0.180 e. The molecule has 0 spiro atoms. The Labute approximate surface area is 120 Å². The third-order valence-corrected chi connectivity index (χ3v) is 3.84. The van der Waals surface area contributed by atoms with Crippen LogP contribution < -0.4 is 5.73 Å². The Bertz CT molecular complexity index is 723. The molecule has 7 nitrogen and oxygen atoms in total. The summed E-state index contributed by atoms with van der Waals surface area (Å²) in [5, 5.41) is 33.8. The molecule has 1 fully saturated rings. The molecule has 2 aromatic rings. The fourth-order valence-electron chi connectivity index (χ4n) is 2.61. The van der Waals surface area contributed by atoms with E-state index in [2.05, 4.69) is 11.0 Å². The number of nitrogen functional groups attached to an aromatic ring is 1. The second-order valence-electron chi connectivity index (χ2n) is 5.01. The first kappa shape index (κ1) is 13.9. The fraction of sp³-hybridized carbons (Fsp3) is 0.357. The van der Waals surface area contributed by atoms with Crippen molar-refractivity contribution in [2.45, 2.75) is 23.9 Å². The molecule has 21 heavy (non-hydrogen) atoms. The summed E-state index contributed by atoms with van der Waals surface area (Å²) >= 11 is 0. The van der Waals surface area contributed by atoms with Crippen LogP contribution in [0.4, 0.5) is 5.69 Å². The first-order valence-corrected chi connectivity index (χ1v) is 6.39. The number of hydrogen-bond acceptors (Lipinski definition) is 6. The van der Waals surface area contributed by atoms with Gasteiger partial charge in [0.2, 0.25) is 0 Å². The summed E-state index contributed by atoms with van der Waals surface area (Å²) in [6.07, 6.45) is 3.26. The molecule has 3 rings (SSSR count). The molecular formula is C14H15N3O4. The number of aliphatic hydroxyl groups excluding tert-OH is 3. The van der Waals surface area contributed by atoms with Gasteiger partial charge in [-0.1, -0.05) is 5.92 Å². The first-order valence-electron chi connectivity index (χ1n) is 6.39. The van der Waals surface area contributed by atoms with Crippen molar-refractivity contribution in [3.05, 3.63) is 30.1 Å². The van der Waals surface area contributed by atoms with Crippen LogP contribution in [0, 0.1) is 12.3 Å². The normalized spacial score (nSPS) is 32.4. The van der Waals surface area contributed by atoms with Crippen LogP contribution in [0.3, 0.4) is 0 Å². The number of ether oxygens (including phenoxy) is 1. The van der Waals surface area contributed by atoms with E-state index in [1.165, 1.54) is 10.7 Å². The number of hydrogen-bond donors (Lipinski definition) is 4. The number of fused-ring (bicyclic) bond motifs is 1. The minimum Gasteiger partial charge on any atom is -0.397 e. The van der Waals surface area contributed by atoms with Gasteiger partial charge in [-0.15, -0.1) is 6.42 Å². The maximum atomic E-state index is 10.2. The zero-order chi connectivity index (χ0) is 15.2. The molecule has 0 saturated carbocycles. The lowest BCUT2D eigenvalue weighted by molar-refractivity contribution is -0.0732. The minimum atomic E-state index is -1.63.